The first kappa shape index (κ1) is 18.4. The Balaban J connectivity index is 1.53. The van der Waals surface area contributed by atoms with E-state index in [4.69, 9.17) is 4.74 Å². The monoisotopic (exact) mass is 386 g/mol. The van der Waals surface area contributed by atoms with Gasteiger partial charge in [0.05, 0.1) is 23.4 Å². The summed E-state index contributed by atoms with van der Waals surface area (Å²) in [7, 11) is 0. The number of anilines is 2. The summed E-state index contributed by atoms with van der Waals surface area (Å²) in [5.41, 5.74) is 1.43. The maximum atomic E-state index is 12.8. The van der Waals surface area contributed by atoms with Gasteiger partial charge in [0.25, 0.3) is 5.91 Å². The predicted molar refractivity (Wildman–Crippen MR) is 109 cm³/mol. The van der Waals surface area contributed by atoms with Crippen molar-refractivity contribution in [3.8, 4) is 5.75 Å². The Hall–Kier alpha value is -3.93. The van der Waals surface area contributed by atoms with Crippen LogP contribution in [0.3, 0.4) is 0 Å². The molecule has 0 bridgehead atoms. The highest BCUT2D eigenvalue weighted by Crippen LogP contribution is 2.29. The molecule has 0 aromatic heterocycles. The van der Waals surface area contributed by atoms with E-state index in [1.165, 1.54) is 4.90 Å². The first-order valence-corrected chi connectivity index (χ1v) is 9.18. The Morgan fingerprint density at radius 1 is 0.862 bits per heavy atom. The molecule has 1 saturated heterocycles. The van der Waals surface area contributed by atoms with E-state index >= 15 is 0 Å². The third-order valence-electron chi connectivity index (χ3n) is 4.59. The first-order chi connectivity index (χ1) is 14.1. The number of ether oxygens (including phenoxy) is 1. The zero-order valence-electron chi connectivity index (χ0n) is 15.4. The molecule has 4 rings (SSSR count). The van der Waals surface area contributed by atoms with Gasteiger partial charge in [0.15, 0.2) is 5.75 Å². The maximum absolute atomic E-state index is 12.8. The Kier molecular flexibility index (Phi) is 5.07. The van der Waals surface area contributed by atoms with Gasteiger partial charge < -0.3 is 10.1 Å². The Morgan fingerprint density at radius 2 is 1.48 bits per heavy atom. The molecule has 0 unspecified atom stereocenters. The van der Waals surface area contributed by atoms with E-state index in [0.29, 0.717) is 22.7 Å². The molecule has 3 aromatic carbocycles. The lowest BCUT2D eigenvalue weighted by Crippen LogP contribution is -2.34. The number of hydrogen-bond acceptors (Lipinski definition) is 5. The second-order valence-electron chi connectivity index (χ2n) is 6.56. The van der Waals surface area contributed by atoms with E-state index in [9.17, 15) is 14.4 Å². The molecular weight excluding hydrogens is 368 g/mol. The van der Waals surface area contributed by atoms with Crippen molar-refractivity contribution >= 4 is 29.2 Å². The van der Waals surface area contributed by atoms with Crippen molar-refractivity contribution in [2.45, 2.75) is 12.5 Å². The van der Waals surface area contributed by atoms with Crippen LogP contribution in [0.5, 0.6) is 5.75 Å². The van der Waals surface area contributed by atoms with Gasteiger partial charge in [0, 0.05) is 0 Å². The highest BCUT2D eigenvalue weighted by molar-refractivity contribution is 6.23. The van der Waals surface area contributed by atoms with Crippen molar-refractivity contribution in [3.05, 3.63) is 90.5 Å². The Bertz CT molecular complexity index is 1050. The predicted octanol–water partition coefficient (Wildman–Crippen LogP) is 3.65. The van der Waals surface area contributed by atoms with Crippen molar-refractivity contribution in [3.63, 3.8) is 0 Å². The second-order valence-corrected chi connectivity index (χ2v) is 6.56. The lowest BCUT2D eigenvalue weighted by Gasteiger charge is -2.17. The summed E-state index contributed by atoms with van der Waals surface area (Å²) >= 11 is 0. The lowest BCUT2D eigenvalue weighted by atomic mass is 10.2. The number of nitrogens with one attached hydrogen (secondary N) is 1. The van der Waals surface area contributed by atoms with E-state index in [1.54, 1.807) is 72.8 Å². The molecule has 0 radical (unpaired) electrons. The van der Waals surface area contributed by atoms with Gasteiger partial charge in [-0.1, -0.05) is 48.5 Å². The number of carbonyl (C=O) groups is 3. The van der Waals surface area contributed by atoms with Gasteiger partial charge in [-0.2, -0.15) is 0 Å². The van der Waals surface area contributed by atoms with E-state index < -0.39 is 12.0 Å². The van der Waals surface area contributed by atoms with Crippen molar-refractivity contribution in [1.82, 2.24) is 0 Å². The quantitative estimate of drug-likeness (QED) is 0.412. The number of esters is 1. The molecule has 1 heterocycles. The number of para-hydroxylation sites is 3. The van der Waals surface area contributed by atoms with Crippen LogP contribution in [0.1, 0.15) is 16.8 Å². The minimum Gasteiger partial charge on any atom is -0.421 e. The van der Waals surface area contributed by atoms with E-state index in [-0.39, 0.29) is 18.2 Å². The second kappa shape index (κ2) is 7.98. The molecule has 0 aliphatic carbocycles. The van der Waals surface area contributed by atoms with Crippen molar-refractivity contribution in [2.24, 2.45) is 0 Å². The molecule has 0 saturated carbocycles. The SMILES string of the molecule is O=C(Oc1ccccc1N[C@@H]1CC(=O)N(c2ccccc2)C1=O)c1ccccc1. The van der Waals surface area contributed by atoms with Crippen LogP contribution in [0, 0.1) is 0 Å². The topological polar surface area (TPSA) is 75.7 Å². The molecule has 6 nitrogen and oxygen atoms in total. The van der Waals surface area contributed by atoms with E-state index in [1.807, 2.05) is 12.1 Å². The van der Waals surface area contributed by atoms with Gasteiger partial charge >= 0.3 is 5.97 Å². The third-order valence-corrected chi connectivity index (χ3v) is 4.59. The van der Waals surface area contributed by atoms with Crippen LogP contribution >= 0.6 is 0 Å². The van der Waals surface area contributed by atoms with Crippen molar-refractivity contribution < 1.29 is 19.1 Å². The number of imide groups is 1. The summed E-state index contributed by atoms with van der Waals surface area (Å²) < 4.78 is 5.50. The number of hydrogen-bond donors (Lipinski definition) is 1. The minimum absolute atomic E-state index is 0.0225. The zero-order valence-corrected chi connectivity index (χ0v) is 15.4. The van der Waals surface area contributed by atoms with Gasteiger partial charge in [0.2, 0.25) is 5.91 Å². The summed E-state index contributed by atoms with van der Waals surface area (Å²) in [5.74, 6) is -0.831. The number of benzene rings is 3. The largest absolute Gasteiger partial charge is 0.421 e. The fraction of sp³-hybridized carbons (Fsp3) is 0.0870. The number of nitrogens with zero attached hydrogens (tertiary/aromatic N) is 1. The lowest BCUT2D eigenvalue weighted by molar-refractivity contribution is -0.121. The molecule has 1 aliphatic rings. The van der Waals surface area contributed by atoms with E-state index in [0.717, 1.165) is 0 Å². The Labute approximate surface area is 167 Å². The van der Waals surface area contributed by atoms with Gasteiger partial charge in [-0.05, 0) is 36.4 Å². The number of rotatable bonds is 5. The van der Waals surface area contributed by atoms with Crippen LogP contribution < -0.4 is 15.0 Å². The average molecular weight is 386 g/mol. The summed E-state index contributed by atoms with van der Waals surface area (Å²) in [6, 6.07) is 23.5. The van der Waals surface area contributed by atoms with Crippen molar-refractivity contribution in [1.29, 1.82) is 0 Å². The van der Waals surface area contributed by atoms with Gasteiger partial charge in [-0.3, -0.25) is 9.59 Å². The highest BCUT2D eigenvalue weighted by Gasteiger charge is 2.39. The van der Waals surface area contributed by atoms with Crippen LogP contribution in [-0.4, -0.2) is 23.8 Å². The number of carbonyl (C=O) groups excluding carboxylic acids is 3. The average Bonchev–Trinajstić information content (AvgIpc) is 3.03. The molecule has 2 amide bonds. The zero-order chi connectivity index (χ0) is 20.2. The van der Waals surface area contributed by atoms with Crippen LogP contribution in [0.15, 0.2) is 84.9 Å². The Morgan fingerprint density at radius 3 is 2.21 bits per heavy atom. The fourth-order valence-corrected chi connectivity index (χ4v) is 3.19. The molecule has 1 aliphatic heterocycles. The summed E-state index contributed by atoms with van der Waals surface area (Å²) in [4.78, 5) is 38.8. The molecule has 1 fully saturated rings. The minimum atomic E-state index is -0.737. The molecule has 1 atom stereocenters. The molecule has 1 N–H and O–H groups in total. The van der Waals surface area contributed by atoms with Crippen LogP contribution in [0.25, 0.3) is 0 Å². The van der Waals surface area contributed by atoms with Crippen LogP contribution in [0.4, 0.5) is 11.4 Å². The molecule has 29 heavy (non-hydrogen) atoms. The highest BCUT2D eigenvalue weighted by atomic mass is 16.5. The smallest absolute Gasteiger partial charge is 0.343 e. The molecular formula is C23H18N2O4. The normalized spacial score (nSPS) is 16.0. The van der Waals surface area contributed by atoms with Crippen LogP contribution in [-0.2, 0) is 9.59 Å². The third kappa shape index (κ3) is 3.87. The molecule has 0 spiro atoms. The van der Waals surface area contributed by atoms with Crippen LogP contribution in [0.2, 0.25) is 0 Å². The summed E-state index contributed by atoms with van der Waals surface area (Å²) in [6.07, 6.45) is 0.0225. The first-order valence-electron chi connectivity index (χ1n) is 9.18. The number of amides is 2. The molecule has 144 valence electrons. The summed E-state index contributed by atoms with van der Waals surface area (Å²) in [5, 5.41) is 3.06. The van der Waals surface area contributed by atoms with Crippen molar-refractivity contribution in [2.75, 3.05) is 10.2 Å². The van der Waals surface area contributed by atoms with Gasteiger partial charge in [-0.25, -0.2) is 9.69 Å². The standard InChI is InChI=1S/C23H18N2O4/c26-21-15-19(22(27)25(21)17-11-5-2-6-12-17)24-18-13-7-8-14-20(18)29-23(28)16-9-3-1-4-10-16/h1-14,19,24H,15H2/t19-/m1/s1. The molecule has 3 aromatic rings. The summed E-state index contributed by atoms with van der Waals surface area (Å²) in [6.45, 7) is 0. The van der Waals surface area contributed by atoms with E-state index in [2.05, 4.69) is 5.32 Å². The maximum Gasteiger partial charge on any atom is 0.343 e. The van der Waals surface area contributed by atoms with Gasteiger partial charge in [0.1, 0.15) is 6.04 Å². The molecule has 6 heteroatoms. The van der Waals surface area contributed by atoms with Gasteiger partial charge in [-0.15, -0.1) is 0 Å². The fourth-order valence-electron chi connectivity index (χ4n) is 3.19.